The highest BCUT2D eigenvalue weighted by atomic mass is 32.2. The molecular weight excluding hydrogens is 294 g/mol. The lowest BCUT2D eigenvalue weighted by atomic mass is 10.0. The average molecular weight is 317 g/mol. The van der Waals surface area contributed by atoms with Crippen LogP contribution in [-0.2, 0) is 4.79 Å². The summed E-state index contributed by atoms with van der Waals surface area (Å²) in [5.41, 5.74) is 2.21. The Hall–Kier alpha value is -1.36. The standard InChI is InChI=1S/C17H23N3OS/c1-12-10-16(19-13(2)18-12)22-11-17(21)20(15-8-9-15)14-6-4-3-5-7-14/h6,10,15H,3-5,7-9,11H2,1-2H3. The van der Waals surface area contributed by atoms with Gasteiger partial charge in [-0.05, 0) is 58.4 Å². The Kier molecular flexibility index (Phi) is 4.81. The van der Waals surface area contributed by atoms with E-state index in [1.54, 1.807) is 0 Å². The first kappa shape index (κ1) is 15.5. The fraction of sp³-hybridized carbons (Fsp3) is 0.588. The fourth-order valence-corrected chi connectivity index (χ4v) is 3.79. The van der Waals surface area contributed by atoms with E-state index in [0.717, 1.165) is 42.2 Å². The summed E-state index contributed by atoms with van der Waals surface area (Å²) >= 11 is 1.52. The van der Waals surface area contributed by atoms with Gasteiger partial charge < -0.3 is 4.90 Å². The van der Waals surface area contributed by atoms with Gasteiger partial charge in [-0.15, -0.1) is 0 Å². The average Bonchev–Trinajstić information content (AvgIpc) is 3.30. The van der Waals surface area contributed by atoms with Gasteiger partial charge in [-0.2, -0.15) is 0 Å². The summed E-state index contributed by atoms with van der Waals surface area (Å²) in [5, 5.41) is 0.895. The zero-order valence-corrected chi connectivity index (χ0v) is 14.2. The maximum absolute atomic E-state index is 12.7. The molecule has 0 radical (unpaired) electrons. The van der Waals surface area contributed by atoms with Crippen molar-refractivity contribution in [1.82, 2.24) is 14.9 Å². The number of hydrogen-bond donors (Lipinski definition) is 0. The minimum Gasteiger partial charge on any atom is -0.313 e. The van der Waals surface area contributed by atoms with Crippen LogP contribution in [-0.4, -0.2) is 32.6 Å². The van der Waals surface area contributed by atoms with Crippen molar-refractivity contribution in [2.45, 2.75) is 63.4 Å². The summed E-state index contributed by atoms with van der Waals surface area (Å²) < 4.78 is 0. The molecule has 0 atom stereocenters. The predicted octanol–water partition coefficient (Wildman–Crippen LogP) is 3.63. The lowest BCUT2D eigenvalue weighted by Gasteiger charge is -2.27. The Morgan fingerprint density at radius 3 is 2.77 bits per heavy atom. The highest BCUT2D eigenvalue weighted by Crippen LogP contribution is 2.34. The van der Waals surface area contributed by atoms with E-state index in [4.69, 9.17) is 0 Å². The van der Waals surface area contributed by atoms with Gasteiger partial charge in [0.1, 0.15) is 10.9 Å². The van der Waals surface area contributed by atoms with Gasteiger partial charge in [-0.3, -0.25) is 4.79 Å². The van der Waals surface area contributed by atoms with Crippen molar-refractivity contribution in [3.8, 4) is 0 Å². The number of allylic oxidation sites excluding steroid dienone is 2. The maximum atomic E-state index is 12.7. The van der Waals surface area contributed by atoms with Gasteiger partial charge in [0.2, 0.25) is 5.91 Å². The molecule has 0 unspecified atom stereocenters. The second-order valence-corrected chi connectivity index (χ2v) is 7.12. The monoisotopic (exact) mass is 317 g/mol. The lowest BCUT2D eigenvalue weighted by molar-refractivity contribution is -0.127. The van der Waals surface area contributed by atoms with Gasteiger partial charge in [-0.1, -0.05) is 17.8 Å². The van der Waals surface area contributed by atoms with Crippen molar-refractivity contribution < 1.29 is 4.79 Å². The molecule has 0 aromatic carbocycles. The Balaban J connectivity index is 1.65. The first-order valence-corrected chi connectivity index (χ1v) is 9.08. The van der Waals surface area contributed by atoms with Crippen LogP contribution < -0.4 is 0 Å². The molecular formula is C17H23N3OS. The van der Waals surface area contributed by atoms with Crippen molar-refractivity contribution in [1.29, 1.82) is 0 Å². The molecule has 1 saturated carbocycles. The molecule has 4 nitrogen and oxygen atoms in total. The van der Waals surface area contributed by atoms with Crippen molar-refractivity contribution in [2.75, 3.05) is 5.75 Å². The van der Waals surface area contributed by atoms with Crippen molar-refractivity contribution in [3.63, 3.8) is 0 Å². The van der Waals surface area contributed by atoms with Gasteiger partial charge in [0.15, 0.2) is 0 Å². The topological polar surface area (TPSA) is 46.1 Å². The molecule has 1 amide bonds. The Bertz CT molecular complexity index is 575. The van der Waals surface area contributed by atoms with Crippen molar-refractivity contribution in [2.24, 2.45) is 0 Å². The van der Waals surface area contributed by atoms with E-state index in [1.165, 1.54) is 30.3 Å². The van der Waals surface area contributed by atoms with Gasteiger partial charge in [0.05, 0.1) is 5.75 Å². The molecule has 1 fully saturated rings. The second-order valence-electron chi connectivity index (χ2n) is 6.12. The van der Waals surface area contributed by atoms with Crippen LogP contribution in [0.15, 0.2) is 22.9 Å². The molecule has 22 heavy (non-hydrogen) atoms. The summed E-state index contributed by atoms with van der Waals surface area (Å²) in [4.78, 5) is 23.4. The molecule has 0 saturated heterocycles. The van der Waals surface area contributed by atoms with Gasteiger partial charge >= 0.3 is 0 Å². The van der Waals surface area contributed by atoms with E-state index in [1.807, 2.05) is 19.9 Å². The number of hydrogen-bond acceptors (Lipinski definition) is 4. The maximum Gasteiger partial charge on any atom is 0.237 e. The van der Waals surface area contributed by atoms with E-state index in [0.29, 0.717) is 11.8 Å². The Morgan fingerprint density at radius 2 is 2.14 bits per heavy atom. The van der Waals surface area contributed by atoms with Crippen LogP contribution in [0.3, 0.4) is 0 Å². The minimum atomic E-state index is 0.231. The van der Waals surface area contributed by atoms with E-state index in [2.05, 4.69) is 20.9 Å². The molecule has 0 bridgehead atoms. The Labute approximate surface area is 136 Å². The van der Waals surface area contributed by atoms with E-state index >= 15 is 0 Å². The molecule has 1 aromatic rings. The fourth-order valence-electron chi connectivity index (χ4n) is 2.93. The summed E-state index contributed by atoms with van der Waals surface area (Å²) in [6, 6.07) is 2.40. The SMILES string of the molecule is Cc1cc(SCC(=O)N(C2=CCCCC2)C2CC2)nc(C)n1. The number of nitrogens with zero attached hydrogens (tertiary/aromatic N) is 3. The third-order valence-corrected chi connectivity index (χ3v) is 4.94. The summed E-state index contributed by atoms with van der Waals surface area (Å²) in [6.07, 6.45) is 9.20. The van der Waals surface area contributed by atoms with Crippen LogP contribution in [0.25, 0.3) is 0 Å². The Morgan fingerprint density at radius 1 is 1.32 bits per heavy atom. The molecule has 1 aromatic heterocycles. The van der Waals surface area contributed by atoms with Gasteiger partial charge in [-0.25, -0.2) is 9.97 Å². The van der Waals surface area contributed by atoms with Crippen LogP contribution in [0.1, 0.15) is 50.0 Å². The van der Waals surface area contributed by atoms with Crippen molar-refractivity contribution in [3.05, 3.63) is 29.4 Å². The smallest absolute Gasteiger partial charge is 0.237 e. The highest BCUT2D eigenvalue weighted by molar-refractivity contribution is 7.99. The minimum absolute atomic E-state index is 0.231. The molecule has 2 aliphatic carbocycles. The predicted molar refractivity (Wildman–Crippen MR) is 88.6 cm³/mol. The van der Waals surface area contributed by atoms with Gasteiger partial charge in [0.25, 0.3) is 0 Å². The number of rotatable bonds is 5. The molecule has 0 spiro atoms. The van der Waals surface area contributed by atoms with E-state index in [9.17, 15) is 4.79 Å². The second kappa shape index (κ2) is 6.82. The number of carbonyl (C=O) groups is 1. The van der Waals surface area contributed by atoms with Crippen LogP contribution in [0.4, 0.5) is 0 Å². The first-order chi connectivity index (χ1) is 10.6. The summed E-state index contributed by atoms with van der Waals surface area (Å²) in [5.74, 6) is 1.46. The van der Waals surface area contributed by atoms with Crippen molar-refractivity contribution >= 4 is 17.7 Å². The molecule has 0 N–H and O–H groups in total. The number of carbonyl (C=O) groups excluding carboxylic acids is 1. The largest absolute Gasteiger partial charge is 0.313 e. The third-order valence-electron chi connectivity index (χ3n) is 4.04. The first-order valence-electron chi connectivity index (χ1n) is 8.09. The number of amides is 1. The summed E-state index contributed by atoms with van der Waals surface area (Å²) in [7, 11) is 0. The number of thioether (sulfide) groups is 1. The normalized spacial score (nSPS) is 18.0. The van der Waals surface area contributed by atoms with E-state index in [-0.39, 0.29) is 5.91 Å². The van der Waals surface area contributed by atoms with Gasteiger partial charge in [0, 0.05) is 17.4 Å². The molecule has 5 heteroatoms. The molecule has 2 aliphatic rings. The number of aryl methyl sites for hydroxylation is 2. The van der Waals surface area contributed by atoms with Crippen LogP contribution in [0.5, 0.6) is 0 Å². The quantitative estimate of drug-likeness (QED) is 0.614. The number of aromatic nitrogens is 2. The third kappa shape index (κ3) is 3.88. The van der Waals surface area contributed by atoms with Crippen LogP contribution >= 0.6 is 11.8 Å². The van der Waals surface area contributed by atoms with Crippen LogP contribution in [0, 0.1) is 13.8 Å². The zero-order valence-electron chi connectivity index (χ0n) is 13.3. The van der Waals surface area contributed by atoms with E-state index < -0.39 is 0 Å². The highest BCUT2D eigenvalue weighted by Gasteiger charge is 2.34. The summed E-state index contributed by atoms with van der Waals surface area (Å²) in [6.45, 7) is 3.85. The molecule has 1 heterocycles. The molecule has 118 valence electrons. The zero-order chi connectivity index (χ0) is 15.5. The molecule has 0 aliphatic heterocycles. The lowest BCUT2D eigenvalue weighted by Crippen LogP contribution is -2.34. The molecule has 3 rings (SSSR count). The van der Waals surface area contributed by atoms with Crippen LogP contribution in [0.2, 0.25) is 0 Å².